The topological polar surface area (TPSA) is 42.7 Å². The van der Waals surface area contributed by atoms with Gasteiger partial charge < -0.3 is 9.15 Å². The summed E-state index contributed by atoms with van der Waals surface area (Å²) in [6.45, 7) is 8.61. The molecule has 0 radical (unpaired) electrons. The number of aryl methyl sites for hydroxylation is 1. The van der Waals surface area contributed by atoms with Gasteiger partial charge in [0.25, 0.3) is 0 Å². The molecule has 0 amide bonds. The number of fused-ring (bicyclic) bond motifs is 3. The van der Waals surface area contributed by atoms with Gasteiger partial charge in [-0.2, -0.15) is 0 Å². The summed E-state index contributed by atoms with van der Waals surface area (Å²) in [6, 6.07) is 4.02. The zero-order valence-electron chi connectivity index (χ0n) is 14.3. The zero-order chi connectivity index (χ0) is 16.4. The van der Waals surface area contributed by atoms with E-state index in [9.17, 15) is 4.79 Å². The Labute approximate surface area is 137 Å². The first-order valence-electron chi connectivity index (χ1n) is 8.59. The third-order valence-corrected chi connectivity index (χ3v) is 4.73. The summed E-state index contributed by atoms with van der Waals surface area (Å²) in [7, 11) is 0. The van der Waals surface area contributed by atoms with E-state index in [1.54, 1.807) is 0 Å². The van der Waals surface area contributed by atoms with Crippen LogP contribution in [0.1, 0.15) is 49.8 Å². The second-order valence-corrected chi connectivity index (χ2v) is 6.30. The van der Waals surface area contributed by atoms with E-state index in [4.69, 9.17) is 9.15 Å². The Morgan fingerprint density at radius 2 is 2.04 bits per heavy atom. The summed E-state index contributed by atoms with van der Waals surface area (Å²) in [5.74, 6) is 0.844. The Hall–Kier alpha value is -1.81. The minimum atomic E-state index is -0.214. The molecule has 1 aliphatic rings. The smallest absolute Gasteiger partial charge is 0.339 e. The number of hydrogen-bond donors (Lipinski definition) is 0. The summed E-state index contributed by atoms with van der Waals surface area (Å²) >= 11 is 0. The number of ether oxygens (including phenoxy) is 1. The molecular weight excluding hydrogens is 290 g/mol. The Morgan fingerprint density at radius 1 is 1.22 bits per heavy atom. The molecule has 0 aliphatic carbocycles. The van der Waals surface area contributed by atoms with Crippen LogP contribution in [0.25, 0.3) is 11.0 Å². The number of rotatable bonds is 5. The molecule has 0 spiro atoms. The summed E-state index contributed by atoms with van der Waals surface area (Å²) in [5, 5.41) is 1.03. The van der Waals surface area contributed by atoms with Crippen molar-refractivity contribution in [1.82, 2.24) is 4.90 Å². The van der Waals surface area contributed by atoms with Crippen LogP contribution in [0.2, 0.25) is 0 Å². The summed E-state index contributed by atoms with van der Waals surface area (Å²) in [4.78, 5) is 14.5. The van der Waals surface area contributed by atoms with Crippen molar-refractivity contribution in [2.75, 3.05) is 13.3 Å². The number of benzene rings is 1. The standard InChI is InChI=1S/C19H25NO3/c1-4-6-7-10-20-11-16-17(22-12-20)9-8-15-13(3)14(5-2)19(21)23-18(15)16/h8-9H,4-7,10-12H2,1-3H3. The average Bonchev–Trinajstić information content (AvgIpc) is 2.55. The molecule has 3 rings (SSSR count). The van der Waals surface area contributed by atoms with E-state index in [1.165, 1.54) is 19.3 Å². The van der Waals surface area contributed by atoms with Crippen molar-refractivity contribution in [1.29, 1.82) is 0 Å². The fraction of sp³-hybridized carbons (Fsp3) is 0.526. The van der Waals surface area contributed by atoms with Crippen LogP contribution in [0.15, 0.2) is 21.3 Å². The highest BCUT2D eigenvalue weighted by Crippen LogP contribution is 2.33. The van der Waals surface area contributed by atoms with Crippen LogP contribution in [0.4, 0.5) is 0 Å². The lowest BCUT2D eigenvalue weighted by Crippen LogP contribution is -2.33. The van der Waals surface area contributed by atoms with Crippen LogP contribution in [0.5, 0.6) is 5.75 Å². The lowest BCUT2D eigenvalue weighted by molar-refractivity contribution is 0.0939. The van der Waals surface area contributed by atoms with Gasteiger partial charge in [-0.05, 0) is 37.5 Å². The normalized spacial score (nSPS) is 14.7. The SMILES string of the molecule is CCCCCN1COc2ccc3c(C)c(CC)c(=O)oc3c2C1. The quantitative estimate of drug-likeness (QED) is 0.618. The highest BCUT2D eigenvalue weighted by molar-refractivity contribution is 5.86. The van der Waals surface area contributed by atoms with Gasteiger partial charge in [-0.25, -0.2) is 4.79 Å². The molecule has 0 fully saturated rings. The fourth-order valence-corrected chi connectivity index (χ4v) is 3.35. The van der Waals surface area contributed by atoms with E-state index in [-0.39, 0.29) is 5.63 Å². The van der Waals surface area contributed by atoms with Gasteiger partial charge in [0.05, 0.1) is 5.56 Å². The van der Waals surface area contributed by atoms with Gasteiger partial charge >= 0.3 is 5.63 Å². The largest absolute Gasteiger partial charge is 0.478 e. The van der Waals surface area contributed by atoms with Gasteiger partial charge in [-0.3, -0.25) is 4.90 Å². The van der Waals surface area contributed by atoms with Gasteiger partial charge in [0.2, 0.25) is 0 Å². The van der Waals surface area contributed by atoms with E-state index < -0.39 is 0 Å². The Kier molecular flexibility index (Phi) is 4.71. The van der Waals surface area contributed by atoms with Gasteiger partial charge in [0.15, 0.2) is 0 Å². The van der Waals surface area contributed by atoms with Gasteiger partial charge in [-0.1, -0.05) is 26.7 Å². The van der Waals surface area contributed by atoms with E-state index in [0.717, 1.165) is 40.9 Å². The molecule has 4 heteroatoms. The molecular formula is C19H25NO3. The molecule has 0 saturated carbocycles. The first kappa shape index (κ1) is 16.1. The molecule has 2 heterocycles. The zero-order valence-corrected chi connectivity index (χ0v) is 14.3. The van der Waals surface area contributed by atoms with Crippen LogP contribution in [-0.2, 0) is 13.0 Å². The predicted octanol–water partition coefficient (Wildman–Crippen LogP) is 4.01. The Balaban J connectivity index is 2.00. The summed E-state index contributed by atoms with van der Waals surface area (Å²) in [5.41, 5.74) is 3.29. The molecule has 1 aliphatic heterocycles. The van der Waals surface area contributed by atoms with Crippen molar-refractivity contribution < 1.29 is 9.15 Å². The second kappa shape index (κ2) is 6.75. The van der Waals surface area contributed by atoms with Crippen molar-refractivity contribution >= 4 is 11.0 Å². The lowest BCUT2D eigenvalue weighted by atomic mass is 10.0. The molecule has 0 atom stereocenters. The van der Waals surface area contributed by atoms with Crippen molar-refractivity contribution in [3.8, 4) is 5.75 Å². The number of hydrogen-bond acceptors (Lipinski definition) is 4. The molecule has 2 aromatic rings. The van der Waals surface area contributed by atoms with Gasteiger partial charge in [0, 0.05) is 24.0 Å². The first-order chi connectivity index (χ1) is 11.2. The average molecular weight is 315 g/mol. The van der Waals surface area contributed by atoms with Gasteiger partial charge in [-0.15, -0.1) is 0 Å². The molecule has 0 bridgehead atoms. The minimum Gasteiger partial charge on any atom is -0.478 e. The second-order valence-electron chi connectivity index (χ2n) is 6.30. The molecule has 0 N–H and O–H groups in total. The lowest BCUT2D eigenvalue weighted by Gasteiger charge is -2.29. The fourth-order valence-electron chi connectivity index (χ4n) is 3.35. The molecule has 0 saturated heterocycles. The summed E-state index contributed by atoms with van der Waals surface area (Å²) < 4.78 is 11.5. The van der Waals surface area contributed by atoms with Crippen LogP contribution in [0.3, 0.4) is 0 Å². The molecule has 4 nitrogen and oxygen atoms in total. The van der Waals surface area contributed by atoms with Crippen molar-refractivity contribution in [2.24, 2.45) is 0 Å². The third kappa shape index (κ3) is 3.00. The monoisotopic (exact) mass is 315 g/mol. The van der Waals surface area contributed by atoms with Crippen LogP contribution in [-0.4, -0.2) is 18.2 Å². The van der Waals surface area contributed by atoms with E-state index >= 15 is 0 Å². The van der Waals surface area contributed by atoms with Crippen LogP contribution >= 0.6 is 0 Å². The number of nitrogens with zero attached hydrogens (tertiary/aromatic N) is 1. The molecule has 0 unspecified atom stereocenters. The molecule has 23 heavy (non-hydrogen) atoms. The van der Waals surface area contributed by atoms with Gasteiger partial charge in [0.1, 0.15) is 18.1 Å². The maximum Gasteiger partial charge on any atom is 0.339 e. The molecule has 1 aromatic carbocycles. The molecule has 1 aromatic heterocycles. The van der Waals surface area contributed by atoms with Crippen LogP contribution in [0, 0.1) is 6.92 Å². The van der Waals surface area contributed by atoms with Crippen molar-refractivity contribution in [3.05, 3.63) is 39.2 Å². The van der Waals surface area contributed by atoms with Crippen LogP contribution < -0.4 is 10.4 Å². The van der Waals surface area contributed by atoms with E-state index in [2.05, 4.69) is 11.8 Å². The number of unbranched alkanes of at least 4 members (excludes halogenated alkanes) is 2. The minimum absolute atomic E-state index is 0.214. The predicted molar refractivity (Wildman–Crippen MR) is 92.0 cm³/mol. The first-order valence-corrected chi connectivity index (χ1v) is 8.59. The van der Waals surface area contributed by atoms with E-state index in [1.807, 2.05) is 26.0 Å². The summed E-state index contributed by atoms with van der Waals surface area (Å²) in [6.07, 6.45) is 4.30. The third-order valence-electron chi connectivity index (χ3n) is 4.73. The Bertz CT molecular complexity index is 763. The maximum absolute atomic E-state index is 12.2. The highest BCUT2D eigenvalue weighted by Gasteiger charge is 2.22. The van der Waals surface area contributed by atoms with Crippen molar-refractivity contribution in [2.45, 2.75) is 53.0 Å². The Morgan fingerprint density at radius 3 is 2.78 bits per heavy atom. The molecule has 124 valence electrons. The van der Waals surface area contributed by atoms with E-state index in [0.29, 0.717) is 18.7 Å². The highest BCUT2D eigenvalue weighted by atomic mass is 16.5. The van der Waals surface area contributed by atoms with Crippen molar-refractivity contribution in [3.63, 3.8) is 0 Å². The maximum atomic E-state index is 12.2.